The predicted octanol–water partition coefficient (Wildman–Crippen LogP) is 3.59. The number of aliphatic hydroxyl groups is 1. The van der Waals surface area contributed by atoms with Gasteiger partial charge in [-0.15, -0.1) is 0 Å². The number of hydrogen-bond acceptors (Lipinski definition) is 11. The van der Waals surface area contributed by atoms with Crippen molar-refractivity contribution in [2.75, 3.05) is 62.7 Å². The molecule has 5 aliphatic rings. The standard InChI is InChI=1S/C44H44F2N10O6/c45-34-15-31(16-35(46)40(34)32-6-8-39(57)50-41(32)58)54-20-27(21-54)43(60)53-11-9-52(10-12-53)28-1-3-29(4-2-28)55-22-26-14-37(33(17-36(26)51-55)44(61)23-62-24-44)49-42(59)38-7-5-30-13-25(18-47)19-48-56(30)38/h5,7,13-17,19,22,27-29,32,61H,1-4,6,8-12,20-21,23-24H2,(H,49,59)(H,50,57,58)/t28?,29?,32-/m1/s1. The van der Waals surface area contributed by atoms with Gasteiger partial charge in [-0.05, 0) is 74.6 Å². The van der Waals surface area contributed by atoms with E-state index in [2.05, 4.69) is 26.7 Å². The first-order chi connectivity index (χ1) is 29.9. The minimum absolute atomic E-state index is 0.0201. The summed E-state index contributed by atoms with van der Waals surface area (Å²) in [6, 6.07) is 13.7. The van der Waals surface area contributed by atoms with E-state index in [4.69, 9.17) is 9.84 Å². The molecule has 320 valence electrons. The fraction of sp³-hybridized carbons (Fsp3) is 0.432. The summed E-state index contributed by atoms with van der Waals surface area (Å²) in [5.74, 6) is -4.53. The van der Waals surface area contributed by atoms with Gasteiger partial charge < -0.3 is 25.0 Å². The molecule has 4 amide bonds. The van der Waals surface area contributed by atoms with Crippen molar-refractivity contribution in [2.24, 2.45) is 5.92 Å². The van der Waals surface area contributed by atoms with Crippen molar-refractivity contribution in [3.8, 4) is 6.07 Å². The van der Waals surface area contributed by atoms with Crippen LogP contribution in [0.15, 0.2) is 54.9 Å². The van der Waals surface area contributed by atoms with Crippen LogP contribution in [0.2, 0.25) is 0 Å². The summed E-state index contributed by atoms with van der Waals surface area (Å²) in [4.78, 5) is 56.9. The summed E-state index contributed by atoms with van der Waals surface area (Å²) in [6.07, 6.45) is 7.25. The molecule has 4 saturated heterocycles. The van der Waals surface area contributed by atoms with Crippen molar-refractivity contribution in [1.29, 1.82) is 5.26 Å². The van der Waals surface area contributed by atoms with Gasteiger partial charge in [-0.3, -0.25) is 34.1 Å². The van der Waals surface area contributed by atoms with E-state index in [1.54, 1.807) is 23.1 Å². The van der Waals surface area contributed by atoms with E-state index >= 15 is 8.78 Å². The van der Waals surface area contributed by atoms with Crippen molar-refractivity contribution >= 4 is 51.4 Å². The molecule has 18 heteroatoms. The van der Waals surface area contributed by atoms with Gasteiger partial charge in [0.2, 0.25) is 17.7 Å². The molecule has 3 aromatic heterocycles. The number of aromatic nitrogens is 4. The highest BCUT2D eigenvalue weighted by molar-refractivity contribution is 6.05. The van der Waals surface area contributed by atoms with Crippen LogP contribution in [-0.4, -0.2) is 116 Å². The maximum atomic E-state index is 15.1. The highest BCUT2D eigenvalue weighted by Crippen LogP contribution is 2.39. The number of piperidine rings is 1. The number of anilines is 2. The van der Waals surface area contributed by atoms with Gasteiger partial charge in [-0.25, -0.2) is 13.3 Å². The number of piperazine rings is 1. The molecular formula is C44H44F2N10O6. The molecule has 2 aromatic carbocycles. The first-order valence-electron chi connectivity index (χ1n) is 21.1. The summed E-state index contributed by atoms with van der Waals surface area (Å²) in [7, 11) is 0. The Morgan fingerprint density at radius 2 is 1.68 bits per heavy atom. The Labute approximate surface area is 354 Å². The fourth-order valence-electron chi connectivity index (χ4n) is 9.79. The third-order valence-corrected chi connectivity index (χ3v) is 13.4. The highest BCUT2D eigenvalue weighted by Gasteiger charge is 2.42. The van der Waals surface area contributed by atoms with Gasteiger partial charge in [0.1, 0.15) is 29.0 Å². The number of benzene rings is 2. The van der Waals surface area contributed by atoms with Crippen LogP contribution in [0.1, 0.15) is 77.7 Å². The van der Waals surface area contributed by atoms with E-state index in [1.807, 2.05) is 27.9 Å². The minimum Gasteiger partial charge on any atom is -0.380 e. The van der Waals surface area contributed by atoms with E-state index in [0.717, 1.165) is 44.2 Å². The largest absolute Gasteiger partial charge is 0.380 e. The second-order valence-electron chi connectivity index (χ2n) is 17.2. The lowest BCUT2D eigenvalue weighted by Crippen LogP contribution is -2.59. The van der Waals surface area contributed by atoms with Crippen LogP contribution in [0, 0.1) is 28.9 Å². The lowest BCUT2D eigenvalue weighted by atomic mass is 9.89. The number of nitrogens with zero attached hydrogens (tertiary/aromatic N) is 8. The zero-order chi connectivity index (χ0) is 42.9. The first-order valence-corrected chi connectivity index (χ1v) is 21.1. The van der Waals surface area contributed by atoms with Crippen molar-refractivity contribution in [3.05, 3.63) is 88.9 Å². The van der Waals surface area contributed by atoms with Crippen LogP contribution in [0.25, 0.3) is 16.4 Å². The number of nitriles is 1. The van der Waals surface area contributed by atoms with Crippen LogP contribution < -0.4 is 15.5 Å². The van der Waals surface area contributed by atoms with Crippen LogP contribution in [0.3, 0.4) is 0 Å². The number of carbonyl (C=O) groups is 4. The van der Waals surface area contributed by atoms with Crippen molar-refractivity contribution in [2.45, 2.75) is 62.1 Å². The minimum atomic E-state index is -1.27. The Morgan fingerprint density at radius 3 is 2.35 bits per heavy atom. The average molecular weight is 847 g/mol. The zero-order valence-corrected chi connectivity index (χ0v) is 33.7. The van der Waals surface area contributed by atoms with Gasteiger partial charge in [-0.1, -0.05) is 0 Å². The molecule has 5 aromatic rings. The fourth-order valence-corrected chi connectivity index (χ4v) is 9.79. The summed E-state index contributed by atoms with van der Waals surface area (Å²) in [5.41, 5.74) is 1.68. The summed E-state index contributed by atoms with van der Waals surface area (Å²) in [6.45, 7) is 3.65. The Morgan fingerprint density at radius 1 is 0.952 bits per heavy atom. The van der Waals surface area contributed by atoms with Crippen molar-refractivity contribution in [3.63, 3.8) is 0 Å². The van der Waals surface area contributed by atoms with Crippen LogP contribution in [0.4, 0.5) is 20.2 Å². The number of ether oxygens (including phenoxy) is 1. The molecule has 7 heterocycles. The molecule has 1 atom stereocenters. The second-order valence-corrected chi connectivity index (χ2v) is 17.2. The number of fused-ring (bicyclic) bond motifs is 2. The van der Waals surface area contributed by atoms with Gasteiger partial charge in [0, 0.05) is 85.8 Å². The molecule has 0 spiro atoms. The van der Waals surface area contributed by atoms with E-state index in [9.17, 15) is 29.5 Å². The number of rotatable bonds is 8. The van der Waals surface area contributed by atoms with Crippen LogP contribution in [0.5, 0.6) is 0 Å². The molecule has 1 aliphatic carbocycles. The number of nitrogens with one attached hydrogen (secondary N) is 2. The van der Waals surface area contributed by atoms with E-state index in [-0.39, 0.29) is 55.2 Å². The molecule has 1 saturated carbocycles. The number of carbonyl (C=O) groups excluding carboxylic acids is 4. The third kappa shape index (κ3) is 7.13. The SMILES string of the molecule is N#Cc1cnn2c(C(=O)Nc3cc4cn(C5CCC(N6CCN(C(=O)C7CN(c8cc(F)c([C@H]9CCC(=O)NC9=O)c(F)c8)C7)CC6)CC5)nc4cc3C3(O)COC3)ccc2c1. The number of hydrogen-bond donors (Lipinski definition) is 3. The van der Waals surface area contributed by atoms with Crippen LogP contribution >= 0.6 is 0 Å². The van der Waals surface area contributed by atoms with E-state index < -0.39 is 40.9 Å². The molecular weight excluding hydrogens is 803 g/mol. The molecule has 5 fully saturated rings. The summed E-state index contributed by atoms with van der Waals surface area (Å²) >= 11 is 0. The second kappa shape index (κ2) is 15.6. The molecule has 16 nitrogen and oxygen atoms in total. The molecule has 0 bridgehead atoms. The summed E-state index contributed by atoms with van der Waals surface area (Å²) < 4.78 is 39.1. The van der Waals surface area contributed by atoms with Crippen molar-refractivity contribution in [1.82, 2.24) is 34.5 Å². The van der Waals surface area contributed by atoms with Gasteiger partial charge in [0.05, 0.1) is 53.9 Å². The zero-order valence-electron chi connectivity index (χ0n) is 33.7. The Bertz CT molecular complexity index is 2660. The molecule has 10 rings (SSSR count). The molecule has 0 unspecified atom stereocenters. The molecule has 3 N–H and O–H groups in total. The van der Waals surface area contributed by atoms with E-state index in [1.165, 1.54) is 22.8 Å². The quantitative estimate of drug-likeness (QED) is 0.194. The lowest BCUT2D eigenvalue weighted by molar-refractivity contribution is -0.184. The monoisotopic (exact) mass is 846 g/mol. The maximum Gasteiger partial charge on any atom is 0.274 e. The Hall–Kier alpha value is -6.29. The Balaban J connectivity index is 0.734. The smallest absolute Gasteiger partial charge is 0.274 e. The number of imide groups is 1. The lowest BCUT2D eigenvalue weighted by Gasteiger charge is -2.45. The molecule has 62 heavy (non-hydrogen) atoms. The average Bonchev–Trinajstić information content (AvgIpc) is 3.86. The topological polar surface area (TPSA) is 190 Å². The van der Waals surface area contributed by atoms with E-state index in [0.29, 0.717) is 65.8 Å². The predicted molar refractivity (Wildman–Crippen MR) is 219 cm³/mol. The van der Waals surface area contributed by atoms with Gasteiger partial charge >= 0.3 is 0 Å². The number of halogens is 2. The van der Waals surface area contributed by atoms with Gasteiger partial charge in [0.25, 0.3) is 5.91 Å². The van der Waals surface area contributed by atoms with Crippen LogP contribution in [-0.2, 0) is 24.7 Å². The number of amides is 4. The molecule has 0 radical (unpaired) electrons. The van der Waals surface area contributed by atoms with Gasteiger partial charge in [0.15, 0.2) is 0 Å². The first kappa shape index (κ1) is 39.8. The Kier molecular flexibility index (Phi) is 9.99. The van der Waals surface area contributed by atoms with Gasteiger partial charge in [-0.2, -0.15) is 15.5 Å². The van der Waals surface area contributed by atoms with Crippen molar-refractivity contribution < 1.29 is 37.8 Å². The highest BCUT2D eigenvalue weighted by atomic mass is 19.1. The maximum absolute atomic E-state index is 15.1. The third-order valence-electron chi connectivity index (χ3n) is 13.4. The normalized spacial score (nSPS) is 23.2. The molecule has 4 aliphatic heterocycles. The summed E-state index contributed by atoms with van der Waals surface area (Å²) in [5, 5.41) is 35.8.